The normalized spacial score (nSPS) is 29.6. The van der Waals surface area contributed by atoms with Crippen LogP contribution in [0.3, 0.4) is 0 Å². The number of rotatable bonds is 1. The molecule has 3 nitrogen and oxygen atoms in total. The molecule has 1 amide bonds. The van der Waals surface area contributed by atoms with Crippen molar-refractivity contribution < 1.29 is 9.18 Å². The number of piperidine rings is 1. The van der Waals surface area contributed by atoms with Crippen LogP contribution >= 0.6 is 15.9 Å². The van der Waals surface area contributed by atoms with Crippen molar-refractivity contribution in [1.82, 2.24) is 4.90 Å². The topological polar surface area (TPSA) is 46.3 Å². The van der Waals surface area contributed by atoms with E-state index < -0.39 is 5.82 Å². The fraction of sp³-hybridized carbons (Fsp3) is 0.500. The number of nitrogens with zero attached hydrogens (tertiary/aromatic N) is 1. The molecule has 2 saturated heterocycles. The molecule has 0 aromatic heterocycles. The molecule has 2 atom stereocenters. The summed E-state index contributed by atoms with van der Waals surface area (Å²) in [5.41, 5.74) is 6.14. The Bertz CT molecular complexity index is 488. The van der Waals surface area contributed by atoms with Crippen LogP contribution in [0.5, 0.6) is 0 Å². The molecular formula is C14H16BrFN2O. The van der Waals surface area contributed by atoms with Crippen molar-refractivity contribution in [3.63, 3.8) is 0 Å². The highest BCUT2D eigenvalue weighted by Crippen LogP contribution is 2.37. The van der Waals surface area contributed by atoms with Gasteiger partial charge in [0.15, 0.2) is 0 Å². The van der Waals surface area contributed by atoms with Gasteiger partial charge in [0.2, 0.25) is 0 Å². The lowest BCUT2D eigenvalue weighted by Crippen LogP contribution is -2.50. The minimum absolute atomic E-state index is 0.148. The molecule has 2 aliphatic heterocycles. The van der Waals surface area contributed by atoms with Crippen molar-refractivity contribution in [2.75, 3.05) is 0 Å². The number of benzene rings is 1. The van der Waals surface area contributed by atoms with E-state index in [1.165, 1.54) is 6.07 Å². The molecule has 19 heavy (non-hydrogen) atoms. The Morgan fingerprint density at radius 3 is 2.53 bits per heavy atom. The Kier molecular flexibility index (Phi) is 3.35. The van der Waals surface area contributed by atoms with Crippen molar-refractivity contribution >= 4 is 21.8 Å². The summed E-state index contributed by atoms with van der Waals surface area (Å²) in [5.74, 6) is -0.668. The number of hydrogen-bond acceptors (Lipinski definition) is 2. The fourth-order valence-corrected chi connectivity index (χ4v) is 3.89. The van der Waals surface area contributed by atoms with E-state index in [9.17, 15) is 9.18 Å². The van der Waals surface area contributed by atoms with Crippen molar-refractivity contribution in [2.24, 2.45) is 5.73 Å². The monoisotopic (exact) mass is 326 g/mol. The van der Waals surface area contributed by atoms with Gasteiger partial charge in [-0.3, -0.25) is 4.79 Å². The lowest BCUT2D eigenvalue weighted by molar-refractivity contribution is 0.0569. The van der Waals surface area contributed by atoms with Crippen LogP contribution in [-0.4, -0.2) is 28.9 Å². The molecule has 0 spiro atoms. The summed E-state index contributed by atoms with van der Waals surface area (Å²) in [4.78, 5) is 14.5. The lowest BCUT2D eigenvalue weighted by Gasteiger charge is -2.38. The van der Waals surface area contributed by atoms with E-state index in [1.807, 2.05) is 4.90 Å². The van der Waals surface area contributed by atoms with Crippen molar-refractivity contribution in [1.29, 1.82) is 0 Å². The second-order valence-electron chi connectivity index (χ2n) is 5.43. The van der Waals surface area contributed by atoms with Crippen LogP contribution in [0.15, 0.2) is 22.7 Å². The van der Waals surface area contributed by atoms with Crippen LogP contribution in [0.25, 0.3) is 0 Å². The summed E-state index contributed by atoms with van der Waals surface area (Å²) >= 11 is 3.27. The van der Waals surface area contributed by atoms with Crippen molar-refractivity contribution in [3.8, 4) is 0 Å². The van der Waals surface area contributed by atoms with Gasteiger partial charge in [0, 0.05) is 22.6 Å². The third-order valence-corrected chi connectivity index (χ3v) is 4.84. The highest BCUT2D eigenvalue weighted by atomic mass is 79.9. The third-order valence-electron chi connectivity index (χ3n) is 4.18. The number of carbonyl (C=O) groups is 1. The van der Waals surface area contributed by atoms with Crippen LogP contribution in [0.2, 0.25) is 0 Å². The van der Waals surface area contributed by atoms with Crippen LogP contribution < -0.4 is 5.73 Å². The quantitative estimate of drug-likeness (QED) is 0.862. The lowest BCUT2D eigenvalue weighted by atomic mass is 9.97. The Morgan fingerprint density at radius 2 is 1.95 bits per heavy atom. The Labute approximate surface area is 120 Å². The Balaban J connectivity index is 1.93. The van der Waals surface area contributed by atoms with Gasteiger partial charge in [-0.1, -0.05) is 6.07 Å². The number of amides is 1. The summed E-state index contributed by atoms with van der Waals surface area (Å²) in [6.45, 7) is 0. The molecule has 3 rings (SSSR count). The molecule has 1 aromatic rings. The second kappa shape index (κ2) is 4.87. The average Bonchev–Trinajstić information content (AvgIpc) is 2.61. The molecule has 1 aromatic carbocycles. The van der Waals surface area contributed by atoms with E-state index in [4.69, 9.17) is 5.73 Å². The fourth-order valence-electron chi connectivity index (χ4n) is 3.38. The number of nitrogens with two attached hydrogens (primary N) is 1. The molecule has 0 saturated carbocycles. The maximum absolute atomic E-state index is 13.9. The molecule has 102 valence electrons. The largest absolute Gasteiger partial charge is 0.332 e. The van der Waals surface area contributed by atoms with E-state index >= 15 is 0 Å². The number of halogens is 2. The number of carbonyl (C=O) groups excluding carboxylic acids is 1. The zero-order valence-corrected chi connectivity index (χ0v) is 12.1. The molecule has 2 N–H and O–H groups in total. The summed E-state index contributed by atoms with van der Waals surface area (Å²) < 4.78 is 14.4. The van der Waals surface area contributed by atoms with Crippen LogP contribution in [0.1, 0.15) is 36.0 Å². The standard InChI is InChI=1S/C14H16BrFN2O/c15-11-2-1-3-12(16)13(11)14(19)18-9-4-5-10(18)7-8(17)6-9/h1-3,8-10H,4-7,17H2. The van der Waals surface area contributed by atoms with E-state index in [1.54, 1.807) is 12.1 Å². The maximum Gasteiger partial charge on any atom is 0.258 e. The van der Waals surface area contributed by atoms with E-state index in [0.29, 0.717) is 4.47 Å². The Hall–Kier alpha value is -0.940. The third kappa shape index (κ3) is 2.19. The van der Waals surface area contributed by atoms with E-state index in [-0.39, 0.29) is 29.6 Å². The first kappa shape index (κ1) is 13.1. The first-order valence-electron chi connectivity index (χ1n) is 6.60. The average molecular weight is 327 g/mol. The molecule has 0 aliphatic carbocycles. The van der Waals surface area contributed by atoms with Gasteiger partial charge in [0.1, 0.15) is 5.82 Å². The maximum atomic E-state index is 13.9. The summed E-state index contributed by atoms with van der Waals surface area (Å²) in [6, 6.07) is 5.14. The van der Waals surface area contributed by atoms with Crippen LogP contribution in [0, 0.1) is 5.82 Å². The van der Waals surface area contributed by atoms with Crippen molar-refractivity contribution in [2.45, 2.75) is 43.8 Å². The van der Waals surface area contributed by atoms with Gasteiger partial charge in [0.25, 0.3) is 5.91 Å². The molecule has 2 unspecified atom stereocenters. The van der Waals surface area contributed by atoms with Gasteiger partial charge >= 0.3 is 0 Å². The first-order chi connectivity index (χ1) is 9.08. The number of hydrogen-bond donors (Lipinski definition) is 1. The Morgan fingerprint density at radius 1 is 1.32 bits per heavy atom. The van der Waals surface area contributed by atoms with Crippen LogP contribution in [-0.2, 0) is 0 Å². The molecule has 2 heterocycles. The summed E-state index contributed by atoms with van der Waals surface area (Å²) in [5, 5.41) is 0. The van der Waals surface area contributed by atoms with Gasteiger partial charge in [-0.15, -0.1) is 0 Å². The van der Waals surface area contributed by atoms with E-state index in [0.717, 1.165) is 25.7 Å². The highest BCUT2D eigenvalue weighted by molar-refractivity contribution is 9.10. The van der Waals surface area contributed by atoms with Gasteiger partial charge in [0.05, 0.1) is 5.56 Å². The van der Waals surface area contributed by atoms with Gasteiger partial charge in [-0.05, 0) is 53.7 Å². The molecule has 0 radical (unpaired) electrons. The zero-order valence-electron chi connectivity index (χ0n) is 10.5. The minimum Gasteiger partial charge on any atom is -0.332 e. The van der Waals surface area contributed by atoms with Gasteiger partial charge in [-0.2, -0.15) is 0 Å². The smallest absolute Gasteiger partial charge is 0.258 e. The zero-order chi connectivity index (χ0) is 13.6. The minimum atomic E-state index is -0.464. The van der Waals surface area contributed by atoms with E-state index in [2.05, 4.69) is 15.9 Å². The molecule has 5 heteroatoms. The summed E-state index contributed by atoms with van der Waals surface area (Å²) in [6.07, 6.45) is 3.62. The SMILES string of the molecule is NC1CC2CCC(C1)N2C(=O)c1c(F)cccc1Br. The molecule has 2 aliphatic rings. The predicted molar refractivity (Wildman–Crippen MR) is 74.3 cm³/mol. The van der Waals surface area contributed by atoms with Crippen LogP contribution in [0.4, 0.5) is 4.39 Å². The number of fused-ring (bicyclic) bond motifs is 2. The molecule has 2 bridgehead atoms. The summed E-state index contributed by atoms with van der Waals surface area (Å²) in [7, 11) is 0. The highest BCUT2D eigenvalue weighted by Gasteiger charge is 2.43. The van der Waals surface area contributed by atoms with Gasteiger partial charge < -0.3 is 10.6 Å². The molecule has 2 fully saturated rings. The molecular weight excluding hydrogens is 311 g/mol. The second-order valence-corrected chi connectivity index (χ2v) is 6.28. The predicted octanol–water partition coefficient (Wildman–Crippen LogP) is 2.68. The van der Waals surface area contributed by atoms with Gasteiger partial charge in [-0.25, -0.2) is 4.39 Å². The first-order valence-corrected chi connectivity index (χ1v) is 7.39. The van der Waals surface area contributed by atoms with Crippen molar-refractivity contribution in [3.05, 3.63) is 34.1 Å².